The predicted molar refractivity (Wildman–Crippen MR) is 53.7 cm³/mol. The molecule has 1 aromatic rings. The van der Waals surface area contributed by atoms with Crippen LogP contribution in [-0.4, -0.2) is 11.1 Å². The van der Waals surface area contributed by atoms with Gasteiger partial charge in [0.15, 0.2) is 0 Å². The second-order valence-corrected chi connectivity index (χ2v) is 3.17. The van der Waals surface area contributed by atoms with Crippen molar-refractivity contribution < 1.29 is 29.4 Å². The van der Waals surface area contributed by atoms with Gasteiger partial charge in [0.25, 0.3) is 0 Å². The molecule has 0 aliphatic rings. The maximum atomic E-state index is 10.2. The first kappa shape index (κ1) is 15.8. The van der Waals surface area contributed by atoms with Crippen LogP contribution in [0.4, 0.5) is 0 Å². The Kier molecular flexibility index (Phi) is 10.0. The molecule has 0 bridgehead atoms. The molecule has 1 aromatic carbocycles. The third kappa shape index (κ3) is 9.40. The van der Waals surface area contributed by atoms with Crippen LogP contribution in [0.2, 0.25) is 0 Å². The van der Waals surface area contributed by atoms with Gasteiger partial charge in [-0.3, -0.25) is 0 Å². The SMILES string of the molecule is C[C-](C)C.O=C(O)c1ccccc1.[Zn]. The van der Waals surface area contributed by atoms with Gasteiger partial charge in [0.05, 0.1) is 5.56 Å². The fourth-order valence-corrected chi connectivity index (χ4v) is 0.581. The second-order valence-electron chi connectivity index (χ2n) is 3.17. The quantitative estimate of drug-likeness (QED) is 0.609. The molecule has 0 saturated carbocycles. The molecule has 0 spiro atoms. The van der Waals surface area contributed by atoms with E-state index in [-0.39, 0.29) is 19.5 Å². The summed E-state index contributed by atoms with van der Waals surface area (Å²) in [4.78, 5) is 10.2. The Balaban J connectivity index is 0. The van der Waals surface area contributed by atoms with Gasteiger partial charge in [-0.15, -0.1) is 0 Å². The van der Waals surface area contributed by atoms with Crippen molar-refractivity contribution in [1.29, 1.82) is 0 Å². The van der Waals surface area contributed by atoms with Gasteiger partial charge in [-0.05, 0) is 12.1 Å². The summed E-state index contributed by atoms with van der Waals surface area (Å²) < 4.78 is 0. The van der Waals surface area contributed by atoms with E-state index in [1.54, 1.807) is 30.3 Å². The van der Waals surface area contributed by atoms with E-state index in [9.17, 15) is 4.79 Å². The van der Waals surface area contributed by atoms with E-state index < -0.39 is 5.97 Å². The van der Waals surface area contributed by atoms with Crippen LogP contribution in [0.5, 0.6) is 0 Å². The van der Waals surface area contributed by atoms with Crippen LogP contribution in [0.25, 0.3) is 0 Å². The Bertz CT molecular complexity index is 242. The molecule has 0 unspecified atom stereocenters. The number of hydrogen-bond donors (Lipinski definition) is 1. The summed E-state index contributed by atoms with van der Waals surface area (Å²) in [6.45, 7) is 6.25. The minimum absolute atomic E-state index is 0. The molecule has 2 nitrogen and oxygen atoms in total. The summed E-state index contributed by atoms with van der Waals surface area (Å²) >= 11 is 0. The number of carbonyl (C=O) groups is 1. The first-order valence-corrected chi connectivity index (χ1v) is 4.09. The maximum absolute atomic E-state index is 10.2. The summed E-state index contributed by atoms with van der Waals surface area (Å²) in [5, 5.41) is 8.38. The van der Waals surface area contributed by atoms with Crippen molar-refractivity contribution in [3.05, 3.63) is 41.8 Å². The summed E-state index contributed by atoms with van der Waals surface area (Å²) in [7, 11) is 0. The van der Waals surface area contributed by atoms with Crippen LogP contribution in [-0.2, 0) is 19.5 Å². The average molecular weight is 245 g/mol. The van der Waals surface area contributed by atoms with Gasteiger partial charge in [-0.1, -0.05) is 18.2 Å². The maximum Gasteiger partial charge on any atom is 0.335 e. The molecule has 0 radical (unpaired) electrons. The number of carboxylic acids is 1. The van der Waals surface area contributed by atoms with E-state index in [0.717, 1.165) is 0 Å². The summed E-state index contributed by atoms with van der Waals surface area (Å²) in [6, 6.07) is 8.30. The Hall–Kier alpha value is -0.687. The van der Waals surface area contributed by atoms with Crippen molar-refractivity contribution >= 4 is 5.97 Å². The van der Waals surface area contributed by atoms with Gasteiger partial charge < -0.3 is 11.0 Å². The third-order valence-corrected chi connectivity index (χ3v) is 1.02. The van der Waals surface area contributed by atoms with Crippen LogP contribution >= 0.6 is 0 Å². The normalized spacial score (nSPS) is 8.29. The number of benzene rings is 1. The van der Waals surface area contributed by atoms with Gasteiger partial charge >= 0.3 is 5.97 Å². The van der Waals surface area contributed by atoms with E-state index in [0.29, 0.717) is 5.56 Å². The average Bonchev–Trinajstić information content (AvgIpc) is 2.05. The number of aromatic carboxylic acids is 1. The molecule has 0 amide bonds. The topological polar surface area (TPSA) is 37.3 Å². The predicted octanol–water partition coefficient (Wildman–Crippen LogP) is 3.00. The summed E-state index contributed by atoms with van der Waals surface area (Å²) in [5.74, 6) is 0.538. The van der Waals surface area contributed by atoms with Crippen molar-refractivity contribution in [3.8, 4) is 0 Å². The third-order valence-electron chi connectivity index (χ3n) is 1.02. The van der Waals surface area contributed by atoms with Crippen LogP contribution in [0.1, 0.15) is 31.1 Å². The Morgan fingerprint density at radius 1 is 1.14 bits per heavy atom. The Morgan fingerprint density at radius 2 is 1.50 bits per heavy atom. The minimum Gasteiger partial charge on any atom is -0.478 e. The van der Waals surface area contributed by atoms with Gasteiger partial charge in [0.1, 0.15) is 0 Å². The largest absolute Gasteiger partial charge is 0.478 e. The molecule has 1 N–H and O–H groups in total. The van der Waals surface area contributed by atoms with Crippen molar-refractivity contribution in [2.45, 2.75) is 20.8 Å². The number of hydrogen-bond acceptors (Lipinski definition) is 1. The zero-order valence-corrected chi connectivity index (χ0v) is 11.9. The van der Waals surface area contributed by atoms with Crippen LogP contribution in [0.3, 0.4) is 0 Å². The molecule has 74 valence electrons. The Labute approximate surface area is 98.1 Å². The van der Waals surface area contributed by atoms with Crippen molar-refractivity contribution in [2.75, 3.05) is 0 Å². The number of rotatable bonds is 1. The van der Waals surface area contributed by atoms with Gasteiger partial charge in [0.2, 0.25) is 0 Å². The van der Waals surface area contributed by atoms with E-state index in [1.807, 2.05) is 0 Å². The van der Waals surface area contributed by atoms with E-state index in [4.69, 9.17) is 5.11 Å². The molecule has 0 aliphatic heterocycles. The van der Waals surface area contributed by atoms with Gasteiger partial charge in [0, 0.05) is 19.5 Å². The molecule has 1 rings (SSSR count). The number of carboxylic acid groups (broad SMARTS) is 1. The molecule has 3 heteroatoms. The first-order valence-electron chi connectivity index (χ1n) is 4.09. The molecule has 0 aliphatic carbocycles. The summed E-state index contributed by atoms with van der Waals surface area (Å²) in [6.07, 6.45) is 0. The van der Waals surface area contributed by atoms with Crippen molar-refractivity contribution in [2.24, 2.45) is 0 Å². The van der Waals surface area contributed by atoms with E-state index in [2.05, 4.69) is 20.8 Å². The van der Waals surface area contributed by atoms with Gasteiger partial charge in [-0.2, -0.15) is 20.8 Å². The molecule has 0 aromatic heterocycles. The smallest absolute Gasteiger partial charge is 0.335 e. The molecule has 0 saturated heterocycles. The van der Waals surface area contributed by atoms with Gasteiger partial charge in [-0.25, -0.2) is 4.79 Å². The van der Waals surface area contributed by atoms with E-state index in [1.165, 1.54) is 5.92 Å². The van der Waals surface area contributed by atoms with Crippen LogP contribution in [0, 0.1) is 5.92 Å². The standard InChI is InChI=1S/C7H6O2.C4H9.Zn/c8-7(9)6-4-2-1-3-5-6;1-4(2)3;/h1-5H,(H,8,9);1-3H3;/q;-1;. The van der Waals surface area contributed by atoms with Crippen molar-refractivity contribution in [1.82, 2.24) is 0 Å². The molecule has 0 atom stereocenters. The summed E-state index contributed by atoms with van der Waals surface area (Å²) in [5.41, 5.74) is 0.331. The minimum atomic E-state index is -0.879. The molecule has 0 heterocycles. The van der Waals surface area contributed by atoms with Crippen LogP contribution < -0.4 is 0 Å². The molecular weight excluding hydrogens is 230 g/mol. The Morgan fingerprint density at radius 3 is 1.71 bits per heavy atom. The second kappa shape index (κ2) is 8.89. The van der Waals surface area contributed by atoms with Crippen molar-refractivity contribution in [3.63, 3.8) is 0 Å². The molecular formula is C11H15O2Zn-. The molecule has 14 heavy (non-hydrogen) atoms. The van der Waals surface area contributed by atoms with Crippen LogP contribution in [0.15, 0.2) is 30.3 Å². The fourth-order valence-electron chi connectivity index (χ4n) is 0.581. The van der Waals surface area contributed by atoms with E-state index >= 15 is 0 Å². The fraction of sp³-hybridized carbons (Fsp3) is 0.273. The zero-order valence-electron chi connectivity index (χ0n) is 8.95. The zero-order chi connectivity index (χ0) is 10.3. The molecule has 0 fully saturated rings. The first-order chi connectivity index (χ1) is 6.04. The monoisotopic (exact) mass is 243 g/mol.